The molecular weight excluding hydrogens is 520 g/mol. The number of likely N-dealkylation sites (N-methyl/N-ethyl adjacent to an activating group) is 1. The van der Waals surface area contributed by atoms with E-state index in [1.54, 1.807) is 54.3 Å². The topological polar surface area (TPSA) is 128 Å². The zero-order valence-electron chi connectivity index (χ0n) is 23.5. The number of nitrogens with one attached hydrogen (secondary N) is 2. The molecule has 0 spiro atoms. The van der Waals surface area contributed by atoms with Crippen LogP contribution in [0.25, 0.3) is 0 Å². The maximum absolute atomic E-state index is 13.4. The van der Waals surface area contributed by atoms with Crippen molar-refractivity contribution in [3.05, 3.63) is 53.6 Å². The van der Waals surface area contributed by atoms with Gasteiger partial charge in [0.25, 0.3) is 0 Å². The molecular formula is C28H40N4O6S. The number of nitrogens with zero attached hydrogens (tertiary/aromatic N) is 2. The quantitative estimate of drug-likeness (QED) is 0.455. The number of anilines is 1. The second-order valence-electron chi connectivity index (χ2n) is 10.6. The number of amides is 3. The monoisotopic (exact) mass is 560 g/mol. The van der Waals surface area contributed by atoms with Crippen LogP contribution in [0.15, 0.2) is 47.4 Å². The first kappa shape index (κ1) is 30.4. The van der Waals surface area contributed by atoms with Crippen molar-refractivity contribution < 1.29 is 27.9 Å². The van der Waals surface area contributed by atoms with E-state index in [4.69, 9.17) is 4.74 Å². The molecule has 11 heteroatoms. The zero-order chi connectivity index (χ0) is 28.9. The van der Waals surface area contributed by atoms with E-state index in [9.17, 15) is 23.1 Å². The van der Waals surface area contributed by atoms with E-state index in [1.807, 2.05) is 27.7 Å². The predicted octanol–water partition coefficient (Wildman–Crippen LogP) is 2.99. The normalized spacial score (nSPS) is 19.0. The summed E-state index contributed by atoms with van der Waals surface area (Å²) < 4.78 is 34.3. The van der Waals surface area contributed by atoms with E-state index in [1.165, 1.54) is 11.4 Å². The third-order valence-electron chi connectivity index (χ3n) is 6.76. The highest BCUT2D eigenvalue weighted by molar-refractivity contribution is 7.89. The van der Waals surface area contributed by atoms with Crippen molar-refractivity contribution in [1.29, 1.82) is 0 Å². The van der Waals surface area contributed by atoms with Crippen LogP contribution in [-0.4, -0.2) is 79.6 Å². The van der Waals surface area contributed by atoms with E-state index in [0.29, 0.717) is 17.0 Å². The number of aliphatic hydroxyl groups excluding tert-OH is 1. The van der Waals surface area contributed by atoms with E-state index >= 15 is 0 Å². The number of aliphatic hydroxyl groups is 1. The summed E-state index contributed by atoms with van der Waals surface area (Å²) in [5.41, 5.74) is 2.01. The minimum Gasteiger partial charge on any atom is -0.488 e. The van der Waals surface area contributed by atoms with Crippen LogP contribution in [0.3, 0.4) is 0 Å². The average molecular weight is 561 g/mol. The van der Waals surface area contributed by atoms with E-state index in [-0.39, 0.29) is 54.9 Å². The molecule has 0 aromatic heterocycles. The molecule has 0 saturated carbocycles. The molecule has 214 valence electrons. The molecule has 2 aromatic carbocycles. The van der Waals surface area contributed by atoms with Crippen LogP contribution < -0.4 is 15.4 Å². The Morgan fingerprint density at radius 3 is 2.46 bits per heavy atom. The number of sulfonamides is 1. The second kappa shape index (κ2) is 12.8. The van der Waals surface area contributed by atoms with Gasteiger partial charge in [0.2, 0.25) is 15.9 Å². The molecule has 1 heterocycles. The Kier molecular flexibility index (Phi) is 9.98. The molecule has 0 saturated heterocycles. The molecule has 10 nitrogen and oxygen atoms in total. The molecule has 0 fully saturated rings. The summed E-state index contributed by atoms with van der Waals surface area (Å²) in [4.78, 5) is 27.4. The van der Waals surface area contributed by atoms with Crippen molar-refractivity contribution in [2.45, 2.75) is 64.1 Å². The van der Waals surface area contributed by atoms with Crippen molar-refractivity contribution in [2.75, 3.05) is 32.1 Å². The van der Waals surface area contributed by atoms with Gasteiger partial charge in [-0.15, -0.1) is 0 Å². The number of hydrogen-bond acceptors (Lipinski definition) is 6. The van der Waals surface area contributed by atoms with Gasteiger partial charge in [0, 0.05) is 36.8 Å². The van der Waals surface area contributed by atoms with Crippen molar-refractivity contribution in [2.24, 2.45) is 5.92 Å². The van der Waals surface area contributed by atoms with Crippen molar-refractivity contribution in [3.8, 4) is 5.75 Å². The van der Waals surface area contributed by atoms with Gasteiger partial charge in [0.1, 0.15) is 11.9 Å². The van der Waals surface area contributed by atoms with Gasteiger partial charge in [0.15, 0.2) is 0 Å². The van der Waals surface area contributed by atoms with Crippen LogP contribution in [0.2, 0.25) is 0 Å². The molecule has 1 aliphatic heterocycles. The largest absolute Gasteiger partial charge is 0.488 e. The Bertz CT molecular complexity index is 1270. The molecule has 39 heavy (non-hydrogen) atoms. The number of hydrogen-bond donors (Lipinski definition) is 3. The Morgan fingerprint density at radius 2 is 1.85 bits per heavy atom. The smallest absolute Gasteiger partial charge is 0.319 e. The second-order valence-corrected chi connectivity index (χ2v) is 12.6. The van der Waals surface area contributed by atoms with Gasteiger partial charge in [-0.1, -0.05) is 24.6 Å². The van der Waals surface area contributed by atoms with E-state index in [2.05, 4.69) is 10.6 Å². The van der Waals surface area contributed by atoms with Gasteiger partial charge >= 0.3 is 6.03 Å². The Hall–Kier alpha value is -3.15. The van der Waals surface area contributed by atoms with Crippen LogP contribution in [-0.2, 0) is 21.2 Å². The highest BCUT2D eigenvalue weighted by Crippen LogP contribution is 2.30. The van der Waals surface area contributed by atoms with Crippen molar-refractivity contribution in [3.63, 3.8) is 0 Å². The summed E-state index contributed by atoms with van der Waals surface area (Å²) in [7, 11) is -2.27. The SMILES string of the molecule is Cc1ccc(S(=O)(=O)N(C)C[C@H]2Oc3ccc(NC(=O)NC(C)C)cc3CC(=O)N([C@H](C)CO)C[C@@H]2C)cc1. The number of carbonyl (C=O) groups is 2. The molecule has 0 bridgehead atoms. The number of ether oxygens (including phenoxy) is 1. The van der Waals surface area contributed by atoms with Crippen LogP contribution in [0.4, 0.5) is 10.5 Å². The lowest BCUT2D eigenvalue weighted by molar-refractivity contribution is -0.134. The van der Waals surface area contributed by atoms with E-state index in [0.717, 1.165) is 5.56 Å². The number of benzene rings is 2. The Labute approximate surface area is 231 Å². The molecule has 2 aromatic rings. The molecule has 3 atom stereocenters. The number of urea groups is 1. The minimum atomic E-state index is -3.78. The predicted molar refractivity (Wildman–Crippen MR) is 150 cm³/mol. The van der Waals surface area contributed by atoms with Crippen LogP contribution >= 0.6 is 0 Å². The lowest BCUT2D eigenvalue weighted by atomic mass is 10.0. The lowest BCUT2D eigenvalue weighted by Crippen LogP contribution is -2.48. The minimum absolute atomic E-state index is 0.00205. The summed E-state index contributed by atoms with van der Waals surface area (Å²) in [6, 6.07) is 10.9. The van der Waals surface area contributed by atoms with Gasteiger partial charge in [0.05, 0.1) is 30.5 Å². The van der Waals surface area contributed by atoms with Gasteiger partial charge < -0.3 is 25.4 Å². The first-order valence-corrected chi connectivity index (χ1v) is 14.6. The molecule has 3 amide bonds. The molecule has 0 unspecified atom stereocenters. The fourth-order valence-electron chi connectivity index (χ4n) is 4.40. The van der Waals surface area contributed by atoms with E-state index < -0.39 is 22.2 Å². The molecule has 3 rings (SSSR count). The van der Waals surface area contributed by atoms with Gasteiger partial charge in [-0.2, -0.15) is 4.31 Å². The highest BCUT2D eigenvalue weighted by atomic mass is 32.2. The summed E-state index contributed by atoms with van der Waals surface area (Å²) in [6.45, 7) is 9.37. The fraction of sp³-hybridized carbons (Fsp3) is 0.500. The number of fused-ring (bicyclic) bond motifs is 1. The summed E-state index contributed by atoms with van der Waals surface area (Å²) >= 11 is 0. The lowest BCUT2D eigenvalue weighted by Gasteiger charge is -2.33. The maximum atomic E-state index is 13.4. The Balaban J connectivity index is 1.95. The molecule has 0 aliphatic carbocycles. The standard InChI is InChI=1S/C28H40N4O6S/c1-18(2)29-28(35)30-23-9-12-25-22(13-23)14-27(34)32(21(5)17-33)15-20(4)26(38-25)16-31(6)39(36,37)24-10-7-19(3)8-11-24/h7-13,18,20-21,26,33H,14-17H2,1-6H3,(H2,29,30,35)/t20-,21+,26+/m0/s1. The van der Waals surface area contributed by atoms with Crippen molar-refractivity contribution >= 4 is 27.6 Å². The first-order valence-electron chi connectivity index (χ1n) is 13.1. The van der Waals surface area contributed by atoms with Crippen molar-refractivity contribution in [1.82, 2.24) is 14.5 Å². The molecule has 1 aliphatic rings. The van der Waals surface area contributed by atoms with Gasteiger partial charge in [-0.05, 0) is 58.0 Å². The van der Waals surface area contributed by atoms with Crippen LogP contribution in [0.5, 0.6) is 5.75 Å². The number of rotatable bonds is 8. The third-order valence-corrected chi connectivity index (χ3v) is 8.60. The molecule has 3 N–H and O–H groups in total. The number of aryl methyl sites for hydroxylation is 1. The first-order chi connectivity index (χ1) is 18.3. The van der Waals surface area contributed by atoms with Gasteiger partial charge in [-0.3, -0.25) is 4.79 Å². The fourth-order valence-corrected chi connectivity index (χ4v) is 5.58. The average Bonchev–Trinajstić information content (AvgIpc) is 2.91. The highest BCUT2D eigenvalue weighted by Gasteiger charge is 2.33. The summed E-state index contributed by atoms with van der Waals surface area (Å²) in [5.74, 6) is -0.0212. The summed E-state index contributed by atoms with van der Waals surface area (Å²) in [5, 5.41) is 15.4. The Morgan fingerprint density at radius 1 is 1.18 bits per heavy atom. The zero-order valence-corrected chi connectivity index (χ0v) is 24.3. The molecule has 0 radical (unpaired) electrons. The van der Waals surface area contributed by atoms with Crippen LogP contribution in [0, 0.1) is 12.8 Å². The van der Waals surface area contributed by atoms with Gasteiger partial charge in [-0.25, -0.2) is 13.2 Å². The third kappa shape index (κ3) is 7.71. The van der Waals surface area contributed by atoms with Crippen LogP contribution in [0.1, 0.15) is 38.8 Å². The number of carbonyl (C=O) groups excluding carboxylic acids is 2. The maximum Gasteiger partial charge on any atom is 0.319 e. The summed E-state index contributed by atoms with van der Waals surface area (Å²) in [6.07, 6.45) is -0.603.